The Bertz CT molecular complexity index is 932. The summed E-state index contributed by atoms with van der Waals surface area (Å²) in [6.45, 7) is 4.16. The molecular weight excluding hydrogens is 370 g/mol. The van der Waals surface area contributed by atoms with Crippen molar-refractivity contribution in [2.45, 2.75) is 17.9 Å². The molecule has 1 atom stereocenters. The number of hydrogen-bond acceptors (Lipinski definition) is 4. The molecule has 0 N–H and O–H groups in total. The van der Waals surface area contributed by atoms with Gasteiger partial charge in [0.1, 0.15) is 0 Å². The monoisotopic (exact) mass is 389 g/mol. The Balaban J connectivity index is 1.72. The van der Waals surface area contributed by atoms with Gasteiger partial charge >= 0.3 is 0 Å². The van der Waals surface area contributed by atoms with Crippen molar-refractivity contribution in [3.8, 4) is 6.07 Å². The van der Waals surface area contributed by atoms with E-state index in [-0.39, 0.29) is 10.9 Å². The fourth-order valence-corrected chi connectivity index (χ4v) is 4.98. The average Bonchev–Trinajstić information content (AvgIpc) is 2.68. The quantitative estimate of drug-likeness (QED) is 0.804. The molecular formula is C19H20ClN3O2S. The topological polar surface area (TPSA) is 64.4 Å². The lowest BCUT2D eigenvalue weighted by molar-refractivity contribution is 0.146. The SMILES string of the molecule is C[C@@H](c1ccccc1Cl)N1CCN(S(=O)(=O)c2cccc(C#N)c2)CC1. The second-order valence-corrected chi connectivity index (χ2v) is 8.62. The van der Waals surface area contributed by atoms with Crippen molar-refractivity contribution in [1.29, 1.82) is 5.26 Å². The minimum atomic E-state index is -3.59. The molecule has 0 spiro atoms. The van der Waals surface area contributed by atoms with Crippen LogP contribution < -0.4 is 0 Å². The molecule has 0 saturated carbocycles. The normalized spacial score (nSPS) is 17.6. The van der Waals surface area contributed by atoms with Gasteiger partial charge in [-0.1, -0.05) is 35.9 Å². The summed E-state index contributed by atoms with van der Waals surface area (Å²) in [5.74, 6) is 0. The van der Waals surface area contributed by atoms with Gasteiger partial charge in [-0.2, -0.15) is 9.57 Å². The van der Waals surface area contributed by atoms with Crippen molar-refractivity contribution in [3.05, 3.63) is 64.7 Å². The minimum Gasteiger partial charge on any atom is -0.294 e. The Morgan fingerprint density at radius 2 is 1.77 bits per heavy atom. The number of nitrogens with zero attached hydrogens (tertiary/aromatic N) is 3. The summed E-state index contributed by atoms with van der Waals surface area (Å²) in [4.78, 5) is 2.41. The molecule has 0 amide bonds. The zero-order valence-electron chi connectivity index (χ0n) is 14.5. The van der Waals surface area contributed by atoms with Crippen LogP contribution >= 0.6 is 11.6 Å². The number of benzene rings is 2. The molecule has 1 fully saturated rings. The van der Waals surface area contributed by atoms with E-state index in [1.54, 1.807) is 12.1 Å². The zero-order valence-corrected chi connectivity index (χ0v) is 16.0. The third kappa shape index (κ3) is 3.76. The smallest absolute Gasteiger partial charge is 0.243 e. The van der Waals surface area contributed by atoms with Gasteiger partial charge in [0.25, 0.3) is 0 Å². The standard InChI is InChI=1S/C19H20ClN3O2S/c1-15(18-7-2-3-8-19(18)20)22-9-11-23(12-10-22)26(24,25)17-6-4-5-16(13-17)14-21/h2-8,13,15H,9-12H2,1H3/t15-/m0/s1. The third-order valence-electron chi connectivity index (χ3n) is 4.78. The van der Waals surface area contributed by atoms with Gasteiger partial charge in [-0.15, -0.1) is 0 Å². The zero-order chi connectivity index (χ0) is 18.7. The predicted octanol–water partition coefficient (Wildman–Crippen LogP) is 3.28. The lowest BCUT2D eigenvalue weighted by atomic mass is 10.1. The number of sulfonamides is 1. The van der Waals surface area contributed by atoms with Crippen LogP contribution in [0.15, 0.2) is 53.4 Å². The first-order valence-corrected chi connectivity index (χ1v) is 10.2. The molecule has 0 radical (unpaired) electrons. The molecule has 7 heteroatoms. The maximum atomic E-state index is 12.8. The Morgan fingerprint density at radius 3 is 2.42 bits per heavy atom. The molecule has 3 rings (SSSR count). The van der Waals surface area contributed by atoms with Crippen LogP contribution in [-0.4, -0.2) is 43.8 Å². The Kier molecular flexibility index (Phi) is 5.64. The molecule has 26 heavy (non-hydrogen) atoms. The van der Waals surface area contributed by atoms with Gasteiger partial charge in [0, 0.05) is 37.2 Å². The lowest BCUT2D eigenvalue weighted by Crippen LogP contribution is -2.49. The molecule has 1 aliphatic heterocycles. The van der Waals surface area contributed by atoms with Gasteiger partial charge in [-0.25, -0.2) is 8.42 Å². The number of piperazine rings is 1. The molecule has 0 bridgehead atoms. The molecule has 0 aliphatic carbocycles. The van der Waals surface area contributed by atoms with Crippen molar-refractivity contribution >= 4 is 21.6 Å². The summed E-state index contributed by atoms with van der Waals surface area (Å²) < 4.78 is 27.2. The van der Waals surface area contributed by atoms with Gasteiger partial charge < -0.3 is 0 Å². The molecule has 1 heterocycles. The second kappa shape index (κ2) is 7.77. The Hall–Kier alpha value is -1.91. The number of halogens is 1. The highest BCUT2D eigenvalue weighted by molar-refractivity contribution is 7.89. The minimum absolute atomic E-state index is 0.121. The first-order valence-electron chi connectivity index (χ1n) is 8.42. The molecule has 1 saturated heterocycles. The summed E-state index contributed by atoms with van der Waals surface area (Å²) >= 11 is 6.29. The molecule has 1 aliphatic rings. The summed E-state index contributed by atoms with van der Waals surface area (Å²) in [5.41, 5.74) is 1.39. The fourth-order valence-electron chi connectivity index (χ4n) is 3.22. The van der Waals surface area contributed by atoms with Crippen LogP contribution in [0.4, 0.5) is 0 Å². The van der Waals surface area contributed by atoms with Crippen LogP contribution in [0.1, 0.15) is 24.1 Å². The average molecular weight is 390 g/mol. The van der Waals surface area contributed by atoms with Gasteiger partial charge in [-0.05, 0) is 36.8 Å². The molecule has 0 aromatic heterocycles. The van der Waals surface area contributed by atoms with Gasteiger partial charge in [-0.3, -0.25) is 4.90 Å². The van der Waals surface area contributed by atoms with Crippen molar-refractivity contribution < 1.29 is 8.42 Å². The van der Waals surface area contributed by atoms with Crippen LogP contribution in [0.2, 0.25) is 5.02 Å². The molecule has 136 valence electrons. The van der Waals surface area contributed by atoms with E-state index in [4.69, 9.17) is 16.9 Å². The first-order chi connectivity index (χ1) is 12.4. The molecule has 2 aromatic rings. The highest BCUT2D eigenvalue weighted by Crippen LogP contribution is 2.28. The largest absolute Gasteiger partial charge is 0.294 e. The maximum Gasteiger partial charge on any atom is 0.243 e. The van der Waals surface area contributed by atoms with Crippen molar-refractivity contribution in [2.24, 2.45) is 0 Å². The maximum absolute atomic E-state index is 12.8. The number of nitriles is 1. The first kappa shape index (κ1) is 18.9. The number of rotatable bonds is 4. The van der Waals surface area contributed by atoms with E-state index >= 15 is 0 Å². The van der Waals surface area contributed by atoms with E-state index < -0.39 is 10.0 Å². The van der Waals surface area contributed by atoms with E-state index in [2.05, 4.69) is 11.8 Å². The van der Waals surface area contributed by atoms with Crippen LogP contribution in [0, 0.1) is 11.3 Å². The van der Waals surface area contributed by atoms with Crippen molar-refractivity contribution in [3.63, 3.8) is 0 Å². The Morgan fingerprint density at radius 1 is 1.08 bits per heavy atom. The van der Waals surface area contributed by atoms with E-state index in [0.717, 1.165) is 10.6 Å². The van der Waals surface area contributed by atoms with Crippen LogP contribution in [0.3, 0.4) is 0 Å². The number of hydrogen-bond donors (Lipinski definition) is 0. The predicted molar refractivity (Wildman–Crippen MR) is 101 cm³/mol. The summed E-state index contributed by atoms with van der Waals surface area (Å²) in [5, 5.41) is 9.71. The summed E-state index contributed by atoms with van der Waals surface area (Å²) in [6, 6.07) is 16.0. The van der Waals surface area contributed by atoms with Crippen LogP contribution in [-0.2, 0) is 10.0 Å². The van der Waals surface area contributed by atoms with Crippen LogP contribution in [0.25, 0.3) is 0 Å². The lowest BCUT2D eigenvalue weighted by Gasteiger charge is -2.37. The van der Waals surface area contributed by atoms with Gasteiger partial charge in [0.2, 0.25) is 10.0 Å². The van der Waals surface area contributed by atoms with Gasteiger partial charge in [0.15, 0.2) is 0 Å². The van der Waals surface area contributed by atoms with E-state index in [0.29, 0.717) is 31.7 Å². The third-order valence-corrected chi connectivity index (χ3v) is 7.02. The summed E-state index contributed by atoms with van der Waals surface area (Å²) in [6.07, 6.45) is 0. The molecule has 0 unspecified atom stereocenters. The molecule has 5 nitrogen and oxygen atoms in total. The van der Waals surface area contributed by atoms with Crippen LogP contribution in [0.5, 0.6) is 0 Å². The van der Waals surface area contributed by atoms with E-state index in [9.17, 15) is 8.42 Å². The van der Waals surface area contributed by atoms with E-state index in [1.807, 2.05) is 30.3 Å². The summed E-state index contributed by atoms with van der Waals surface area (Å²) in [7, 11) is -3.59. The Labute approximate surface area is 159 Å². The van der Waals surface area contributed by atoms with E-state index in [1.165, 1.54) is 16.4 Å². The fraction of sp³-hybridized carbons (Fsp3) is 0.316. The van der Waals surface area contributed by atoms with Gasteiger partial charge in [0.05, 0.1) is 16.5 Å². The van der Waals surface area contributed by atoms with Crippen molar-refractivity contribution in [2.75, 3.05) is 26.2 Å². The highest BCUT2D eigenvalue weighted by Gasteiger charge is 2.30. The molecule has 2 aromatic carbocycles. The second-order valence-electron chi connectivity index (χ2n) is 6.28. The highest BCUT2D eigenvalue weighted by atomic mass is 35.5. The van der Waals surface area contributed by atoms with Crippen molar-refractivity contribution in [1.82, 2.24) is 9.21 Å².